The number of benzene rings is 2. The summed E-state index contributed by atoms with van der Waals surface area (Å²) in [6, 6.07) is 15.4. The van der Waals surface area contributed by atoms with Crippen LogP contribution in [-0.4, -0.2) is 28.7 Å². The molecule has 0 aliphatic heterocycles. The Morgan fingerprint density at radius 3 is 2.42 bits per heavy atom. The molecule has 0 saturated heterocycles. The Hall–Kier alpha value is -2.68. The van der Waals surface area contributed by atoms with Gasteiger partial charge in [0.15, 0.2) is 0 Å². The number of hydrogen-bond acceptors (Lipinski definition) is 4. The molecule has 2 aromatic carbocycles. The van der Waals surface area contributed by atoms with Crippen molar-refractivity contribution in [2.24, 2.45) is 0 Å². The molecule has 1 aromatic heterocycles. The molecule has 0 atom stereocenters. The number of rotatable bonds is 7. The molecule has 180 valence electrons. The van der Waals surface area contributed by atoms with Crippen LogP contribution in [0.4, 0.5) is 14.6 Å². The maximum absolute atomic E-state index is 13.4. The van der Waals surface area contributed by atoms with E-state index in [1.54, 1.807) is 42.5 Å². The molecule has 0 amide bonds. The number of anilines is 1. The summed E-state index contributed by atoms with van der Waals surface area (Å²) in [6.07, 6.45) is 0.375. The van der Waals surface area contributed by atoms with Crippen LogP contribution in [0.2, 0.25) is 0 Å². The smallest absolute Gasteiger partial charge is 0.870 e. The fourth-order valence-electron chi connectivity index (χ4n) is 2.98. The predicted molar refractivity (Wildman–Crippen MR) is 120 cm³/mol. The fraction of sp³-hybridized carbons (Fsp3) is 0.217. The molecule has 0 spiro atoms. The van der Waals surface area contributed by atoms with Gasteiger partial charge in [0, 0.05) is 0 Å². The molecule has 0 saturated carbocycles. The van der Waals surface area contributed by atoms with Crippen molar-refractivity contribution in [1.82, 2.24) is 9.78 Å². The second-order valence-electron chi connectivity index (χ2n) is 7.98. The van der Waals surface area contributed by atoms with Gasteiger partial charge in [-0.15, -0.1) is 0 Å². The second-order valence-corrected chi connectivity index (χ2v) is 9.99. The van der Waals surface area contributed by atoms with Crippen molar-refractivity contribution in [2.45, 2.75) is 37.5 Å². The standard InChI is InChI=1S/C23H22F2N3O2S.Ni.H2O/c1-5-8-16-9-6-7-10-20(16)28-21(15-19(26-28)22(24)25)27-31(29,30)18-13-11-17(12-14-18)23(2,3)4;;/h1,5-8,10-15,22,27H,2-4H3;;1H2/q-1;;/p-1/b8-5-;;. The molecule has 0 aliphatic carbocycles. The first-order valence-corrected chi connectivity index (χ1v) is 11.7. The van der Waals surface area contributed by atoms with E-state index < -0.39 is 22.1 Å². The zero-order valence-corrected chi connectivity index (χ0v) is 19.9. The third-order valence-electron chi connectivity index (χ3n) is 4.64. The zero-order chi connectivity index (χ0) is 23.5. The van der Waals surface area contributed by atoms with Crippen molar-refractivity contribution >= 4 is 26.9 Å². The van der Waals surface area contributed by atoms with Crippen LogP contribution in [0, 0.1) is 6.07 Å². The molecule has 33 heavy (non-hydrogen) atoms. The number of alkyl halides is 2. The van der Waals surface area contributed by atoms with Crippen LogP contribution in [-0.2, 0) is 30.5 Å². The third kappa shape index (κ3) is 6.22. The van der Waals surface area contributed by atoms with Gasteiger partial charge in [-0.05, 0) is 11.0 Å². The van der Waals surface area contributed by atoms with Crippen LogP contribution in [0.3, 0.4) is 0 Å². The summed E-state index contributed by atoms with van der Waals surface area (Å²) in [5.74, 6) is -0.111. The topological polar surface area (TPSA) is 94.0 Å². The van der Waals surface area contributed by atoms with E-state index in [1.165, 1.54) is 17.1 Å². The number of halogens is 2. The van der Waals surface area contributed by atoms with E-state index in [4.69, 9.17) is 0 Å². The monoisotopic (exact) mass is 517 g/mol. The number of aromatic nitrogens is 2. The zero-order valence-electron chi connectivity index (χ0n) is 18.1. The van der Waals surface area contributed by atoms with Gasteiger partial charge < -0.3 is 5.48 Å². The molecular formula is C23H23F2N3NiO3S-2. The molecule has 3 aromatic rings. The van der Waals surface area contributed by atoms with Crippen LogP contribution in [0.25, 0.3) is 11.8 Å². The van der Waals surface area contributed by atoms with Gasteiger partial charge in [0.2, 0.25) is 0 Å². The first kappa shape index (κ1) is 26.6. The quantitative estimate of drug-likeness (QED) is 0.356. The van der Waals surface area contributed by atoms with Crippen molar-refractivity contribution < 1.29 is 37.7 Å². The molecule has 10 heteroatoms. The number of allylic oxidation sites excluding steroid dienone is 1. The summed E-state index contributed by atoms with van der Waals surface area (Å²) in [7, 11) is -4.05. The fourth-order valence-corrected chi connectivity index (χ4v) is 4.11. The Bertz CT molecular complexity index is 1250. The molecule has 0 radical (unpaired) electrons. The minimum atomic E-state index is -4.05. The summed E-state index contributed by atoms with van der Waals surface area (Å²) in [5, 5.41) is 3.93. The normalized spacial score (nSPS) is 12.1. The van der Waals surface area contributed by atoms with Crippen molar-refractivity contribution in [3.05, 3.63) is 77.5 Å². The summed E-state index contributed by atoms with van der Waals surface area (Å²) in [4.78, 5) is 1.45. The van der Waals surface area contributed by atoms with Crippen LogP contribution >= 0.6 is 0 Å². The van der Waals surface area contributed by atoms with Gasteiger partial charge in [-0.2, -0.15) is 0 Å². The molecular weight excluding hydrogens is 495 g/mol. The minimum Gasteiger partial charge on any atom is -0.870 e. The van der Waals surface area contributed by atoms with E-state index in [9.17, 15) is 17.2 Å². The number of nitrogens with zero attached hydrogens (tertiary/aromatic N) is 2. The third-order valence-corrected chi connectivity index (χ3v) is 6.20. The van der Waals surface area contributed by atoms with Gasteiger partial charge in [0.1, 0.15) is 0 Å². The van der Waals surface area contributed by atoms with Crippen LogP contribution in [0.15, 0.2) is 59.5 Å². The molecule has 0 aliphatic rings. The Morgan fingerprint density at radius 1 is 1.18 bits per heavy atom. The number of sulfonamides is 1. The Morgan fingerprint density at radius 2 is 1.85 bits per heavy atom. The molecule has 2 N–H and O–H groups in total. The number of hydrogen-bond donors (Lipinski definition) is 1. The van der Waals surface area contributed by atoms with E-state index in [2.05, 4.69) is 30.9 Å². The Balaban J connectivity index is 0.00000385. The van der Waals surface area contributed by atoms with E-state index in [-0.39, 0.29) is 21.6 Å². The summed E-state index contributed by atoms with van der Waals surface area (Å²) >= 11 is 4.50. The Kier molecular flexibility index (Phi) is 8.46. The first-order valence-electron chi connectivity index (χ1n) is 9.62. The molecule has 0 bridgehead atoms. The Labute approximate surface area is 199 Å². The molecule has 1 heterocycles. The first-order chi connectivity index (χ1) is 15.0. The van der Waals surface area contributed by atoms with Crippen molar-refractivity contribution in [1.29, 1.82) is 0 Å². The average Bonchev–Trinajstić information content (AvgIpc) is 3.15. The van der Waals surface area contributed by atoms with Crippen molar-refractivity contribution in [3.63, 3.8) is 0 Å². The van der Waals surface area contributed by atoms with Crippen LogP contribution < -0.4 is 4.72 Å². The molecule has 0 fully saturated rings. The summed E-state index contributed by atoms with van der Waals surface area (Å²) < 4.78 is 56.3. The van der Waals surface area contributed by atoms with E-state index in [0.29, 0.717) is 11.3 Å². The summed E-state index contributed by atoms with van der Waals surface area (Å²) in [6.45, 7) is 6.06. The van der Waals surface area contributed by atoms with E-state index >= 15 is 0 Å². The van der Waals surface area contributed by atoms with Gasteiger partial charge in [-0.3, -0.25) is 0 Å². The number of nitrogens with one attached hydrogen (secondary N) is 1. The molecule has 0 unspecified atom stereocenters. The van der Waals surface area contributed by atoms with E-state index in [1.807, 2.05) is 20.8 Å². The summed E-state index contributed by atoms with van der Waals surface area (Å²) in [5.41, 5.74) is 1.16. The van der Waals surface area contributed by atoms with Crippen molar-refractivity contribution in [2.75, 3.05) is 4.72 Å². The van der Waals surface area contributed by atoms with E-state index in [0.717, 1.165) is 16.3 Å². The van der Waals surface area contributed by atoms with Crippen molar-refractivity contribution in [3.8, 4) is 5.69 Å². The van der Waals surface area contributed by atoms with Gasteiger partial charge in [0.25, 0.3) is 0 Å². The van der Waals surface area contributed by atoms with Gasteiger partial charge in [0.05, 0.1) is 0 Å². The maximum atomic E-state index is 13.4. The second kappa shape index (κ2) is 10.5. The van der Waals surface area contributed by atoms with Crippen LogP contribution in [0.1, 0.15) is 44.0 Å². The SMILES string of the molecule is CC(C)(C)c1ccc(S(=O)(=O)Nc2cc(C(F)F)nn2-c2ccc[c-]c2/C=C\[CH]=[Ni])cc1.[OH-]. The predicted octanol–water partition coefficient (Wildman–Crippen LogP) is 4.89. The van der Waals surface area contributed by atoms with Crippen LogP contribution in [0.5, 0.6) is 0 Å². The van der Waals surface area contributed by atoms with Gasteiger partial charge in [-0.25, -0.2) is 0 Å². The molecule has 6 nitrogen and oxygen atoms in total. The average molecular weight is 518 g/mol. The minimum absolute atomic E-state index is 0. The van der Waals surface area contributed by atoms with Gasteiger partial charge in [-0.1, -0.05) is 20.8 Å². The molecule has 3 rings (SSSR count). The van der Waals surface area contributed by atoms with Gasteiger partial charge >= 0.3 is 163 Å².